The standard InChI is InChI=1S/C17H13AsF3O3S/c1-2-15(22)18-13-8-7-10(9-11(13)16(23)24)25-14-6-4-3-5-12(14)17(19,20)21/h3-9H,2H2,1H3,(H,23,24). The number of aromatic carboxylic acids is 1. The SMILES string of the molecule is CCC(=O)[As]c1ccc(Sc2ccccc2C(F)(F)F)cc1C(=O)O. The Morgan fingerprint density at radius 1 is 1.16 bits per heavy atom. The molecule has 0 aliphatic rings. The molecule has 0 amide bonds. The monoisotopic (exact) mass is 429 g/mol. The van der Waals surface area contributed by atoms with Gasteiger partial charge in [0.25, 0.3) is 0 Å². The first-order valence-electron chi connectivity index (χ1n) is 7.18. The molecule has 0 aliphatic carbocycles. The van der Waals surface area contributed by atoms with E-state index in [0.29, 0.717) is 15.7 Å². The van der Waals surface area contributed by atoms with E-state index in [1.165, 1.54) is 30.3 Å². The molecule has 2 aromatic carbocycles. The second-order valence-electron chi connectivity index (χ2n) is 4.94. The number of carbonyl (C=O) groups excluding carboxylic acids is 1. The van der Waals surface area contributed by atoms with Crippen molar-refractivity contribution >= 4 is 42.4 Å². The topological polar surface area (TPSA) is 54.4 Å². The third-order valence-corrected chi connectivity index (χ3v) is 6.74. The van der Waals surface area contributed by atoms with Crippen molar-refractivity contribution in [3.63, 3.8) is 0 Å². The Hall–Kier alpha value is -1.72. The van der Waals surface area contributed by atoms with Crippen molar-refractivity contribution in [3.05, 3.63) is 53.6 Å². The van der Waals surface area contributed by atoms with Crippen molar-refractivity contribution in [2.75, 3.05) is 0 Å². The van der Waals surface area contributed by atoms with Crippen LogP contribution in [0.1, 0.15) is 29.3 Å². The third-order valence-electron chi connectivity index (χ3n) is 3.17. The van der Waals surface area contributed by atoms with Crippen molar-refractivity contribution in [2.45, 2.75) is 29.3 Å². The number of carboxylic acid groups (broad SMARTS) is 1. The average Bonchev–Trinajstić information content (AvgIpc) is 2.55. The van der Waals surface area contributed by atoms with Crippen LogP contribution in [0, 0.1) is 0 Å². The molecule has 0 aliphatic heterocycles. The van der Waals surface area contributed by atoms with E-state index in [0.717, 1.165) is 17.8 Å². The van der Waals surface area contributed by atoms with E-state index < -0.39 is 33.5 Å². The van der Waals surface area contributed by atoms with Crippen molar-refractivity contribution in [1.82, 2.24) is 0 Å². The molecule has 3 nitrogen and oxygen atoms in total. The van der Waals surface area contributed by atoms with Crippen LogP contribution in [0.4, 0.5) is 13.2 Å². The van der Waals surface area contributed by atoms with Crippen LogP contribution < -0.4 is 4.35 Å². The fraction of sp³-hybridized carbons (Fsp3) is 0.176. The predicted octanol–water partition coefficient (Wildman–Crippen LogP) is 3.82. The first-order chi connectivity index (χ1) is 11.7. The number of halogens is 3. The zero-order valence-electron chi connectivity index (χ0n) is 13.0. The summed E-state index contributed by atoms with van der Waals surface area (Å²) in [6, 6.07) is 9.53. The van der Waals surface area contributed by atoms with Gasteiger partial charge >= 0.3 is 153 Å². The van der Waals surface area contributed by atoms with Gasteiger partial charge in [0.2, 0.25) is 0 Å². The fourth-order valence-corrected chi connectivity index (χ4v) is 4.78. The molecule has 0 heterocycles. The van der Waals surface area contributed by atoms with Gasteiger partial charge in [-0.1, -0.05) is 0 Å². The first-order valence-corrected chi connectivity index (χ1v) is 9.87. The number of hydrogen-bond acceptors (Lipinski definition) is 3. The van der Waals surface area contributed by atoms with Gasteiger partial charge in [0.05, 0.1) is 0 Å². The summed E-state index contributed by atoms with van der Waals surface area (Å²) in [6.07, 6.45) is -4.16. The summed E-state index contributed by atoms with van der Waals surface area (Å²) in [5, 5.41) is 9.34. The van der Waals surface area contributed by atoms with Crippen LogP contribution in [0.15, 0.2) is 52.3 Å². The van der Waals surface area contributed by atoms with Crippen LogP contribution in [0.2, 0.25) is 0 Å². The van der Waals surface area contributed by atoms with Crippen molar-refractivity contribution in [3.8, 4) is 0 Å². The molecule has 0 aromatic heterocycles. The zero-order chi connectivity index (χ0) is 18.6. The number of alkyl halides is 3. The summed E-state index contributed by atoms with van der Waals surface area (Å²) >= 11 is -0.0901. The molecule has 0 bridgehead atoms. The van der Waals surface area contributed by atoms with Gasteiger partial charge in [0.15, 0.2) is 0 Å². The molecule has 1 radical (unpaired) electrons. The van der Waals surface area contributed by atoms with Crippen LogP contribution in [0.5, 0.6) is 0 Å². The average molecular weight is 429 g/mol. The second kappa shape index (κ2) is 8.10. The summed E-state index contributed by atoms with van der Waals surface area (Å²) in [7, 11) is 0. The molecule has 0 atom stereocenters. The Bertz CT molecular complexity index is 806. The van der Waals surface area contributed by atoms with E-state index >= 15 is 0 Å². The Morgan fingerprint density at radius 3 is 2.44 bits per heavy atom. The molecule has 2 aromatic rings. The van der Waals surface area contributed by atoms with Gasteiger partial charge in [-0.15, -0.1) is 0 Å². The predicted molar refractivity (Wildman–Crippen MR) is 89.7 cm³/mol. The molecular formula is C17H13AsF3O3S. The van der Waals surface area contributed by atoms with E-state index in [9.17, 15) is 27.9 Å². The van der Waals surface area contributed by atoms with Gasteiger partial charge in [-0.3, -0.25) is 0 Å². The molecule has 0 unspecified atom stereocenters. The molecule has 0 fully saturated rings. The van der Waals surface area contributed by atoms with Gasteiger partial charge in [-0.2, -0.15) is 0 Å². The summed E-state index contributed by atoms with van der Waals surface area (Å²) in [4.78, 5) is 23.4. The molecule has 25 heavy (non-hydrogen) atoms. The zero-order valence-corrected chi connectivity index (χ0v) is 15.7. The van der Waals surface area contributed by atoms with Crippen molar-refractivity contribution in [2.24, 2.45) is 0 Å². The van der Waals surface area contributed by atoms with Crippen molar-refractivity contribution < 1.29 is 27.9 Å². The second-order valence-corrected chi connectivity index (χ2v) is 8.58. The Kier molecular flexibility index (Phi) is 6.35. The minimum atomic E-state index is -4.49. The van der Waals surface area contributed by atoms with Crippen LogP contribution >= 0.6 is 11.8 Å². The number of hydrogen-bond donors (Lipinski definition) is 1. The number of rotatable bonds is 6. The van der Waals surface area contributed by atoms with Gasteiger partial charge in [-0.25, -0.2) is 0 Å². The molecule has 131 valence electrons. The van der Waals surface area contributed by atoms with E-state index in [2.05, 4.69) is 0 Å². The van der Waals surface area contributed by atoms with Crippen LogP contribution in [-0.4, -0.2) is 31.4 Å². The van der Waals surface area contributed by atoms with Crippen LogP contribution in [0.25, 0.3) is 0 Å². The maximum absolute atomic E-state index is 13.1. The van der Waals surface area contributed by atoms with Gasteiger partial charge in [0.1, 0.15) is 0 Å². The molecule has 0 saturated heterocycles. The van der Waals surface area contributed by atoms with Gasteiger partial charge in [-0.05, 0) is 0 Å². The normalized spacial score (nSPS) is 11.8. The van der Waals surface area contributed by atoms with E-state index in [1.807, 2.05) is 0 Å². The summed E-state index contributed by atoms with van der Waals surface area (Å²) < 4.78 is 39.6. The number of carbonyl (C=O) groups is 2. The third kappa shape index (κ3) is 5.13. The molecule has 1 N–H and O–H groups in total. The molecular weight excluding hydrogens is 416 g/mol. The maximum atomic E-state index is 13.1. The Balaban J connectivity index is 2.38. The Labute approximate surface area is 153 Å². The van der Waals surface area contributed by atoms with Crippen LogP contribution in [-0.2, 0) is 11.0 Å². The Morgan fingerprint density at radius 2 is 1.84 bits per heavy atom. The summed E-state index contributed by atoms with van der Waals surface area (Å²) in [5.74, 6) is -1.19. The number of benzene rings is 2. The first kappa shape index (κ1) is 19.6. The van der Waals surface area contributed by atoms with Crippen molar-refractivity contribution in [1.29, 1.82) is 0 Å². The van der Waals surface area contributed by atoms with Crippen LogP contribution in [0.3, 0.4) is 0 Å². The molecule has 0 saturated carbocycles. The quantitative estimate of drug-likeness (QED) is 0.710. The summed E-state index contributed by atoms with van der Waals surface area (Å²) in [5.41, 5.74) is -0.801. The van der Waals surface area contributed by atoms with E-state index in [1.54, 1.807) is 13.0 Å². The molecule has 0 spiro atoms. The minimum absolute atomic E-state index is 0.00279. The van der Waals surface area contributed by atoms with E-state index in [-0.39, 0.29) is 15.0 Å². The summed E-state index contributed by atoms with van der Waals surface area (Å²) in [6.45, 7) is 1.71. The van der Waals surface area contributed by atoms with E-state index in [4.69, 9.17) is 0 Å². The fourth-order valence-electron chi connectivity index (χ4n) is 1.98. The van der Waals surface area contributed by atoms with Gasteiger partial charge in [0, 0.05) is 0 Å². The van der Waals surface area contributed by atoms with Gasteiger partial charge < -0.3 is 0 Å². The number of carboxylic acids is 1. The molecule has 2 rings (SSSR count). The molecule has 8 heteroatoms.